The lowest BCUT2D eigenvalue weighted by atomic mass is 10.2. The topological polar surface area (TPSA) is 96.8 Å². The minimum atomic E-state index is -3.90. The molecule has 0 amide bonds. The highest BCUT2D eigenvalue weighted by Crippen LogP contribution is 2.26. The van der Waals surface area contributed by atoms with E-state index >= 15 is 0 Å². The number of methoxy groups -OCH3 is 1. The van der Waals surface area contributed by atoms with Crippen molar-refractivity contribution in [2.45, 2.75) is 4.90 Å². The van der Waals surface area contributed by atoms with Crippen LogP contribution in [0.25, 0.3) is 0 Å². The van der Waals surface area contributed by atoms with E-state index in [1.54, 1.807) is 12.1 Å². The number of sulfonamides is 1. The number of nitrogens with zero attached hydrogens (tertiary/aromatic N) is 2. The monoisotopic (exact) mass is 322 g/mol. The maximum atomic E-state index is 12.6. The number of carboxylic acids is 1. The third-order valence-electron chi connectivity index (χ3n) is 3.07. The second kappa shape index (κ2) is 6.02. The number of hydrogen-bond donors (Lipinski definition) is 1. The van der Waals surface area contributed by atoms with E-state index in [4.69, 9.17) is 9.84 Å². The summed E-state index contributed by atoms with van der Waals surface area (Å²) in [5.74, 6) is -1.17. The molecule has 2 aromatic rings. The van der Waals surface area contributed by atoms with E-state index in [0.29, 0.717) is 5.69 Å². The summed E-state index contributed by atoms with van der Waals surface area (Å²) < 4.78 is 31.1. The summed E-state index contributed by atoms with van der Waals surface area (Å²) in [7, 11) is -1.21. The van der Waals surface area contributed by atoms with Crippen molar-refractivity contribution in [1.82, 2.24) is 4.98 Å². The van der Waals surface area contributed by atoms with Crippen molar-refractivity contribution in [2.75, 3.05) is 18.5 Å². The lowest BCUT2D eigenvalue weighted by Crippen LogP contribution is -2.26. The Labute approximate surface area is 127 Å². The summed E-state index contributed by atoms with van der Waals surface area (Å²) in [5.41, 5.74) is 0.151. The van der Waals surface area contributed by atoms with Crippen molar-refractivity contribution < 1.29 is 23.1 Å². The Balaban J connectivity index is 2.50. The van der Waals surface area contributed by atoms with Gasteiger partial charge in [0.05, 0.1) is 23.9 Å². The van der Waals surface area contributed by atoms with E-state index in [-0.39, 0.29) is 16.2 Å². The first-order valence-corrected chi connectivity index (χ1v) is 7.62. The molecular formula is C14H14N2O5S. The van der Waals surface area contributed by atoms with Crippen LogP contribution < -0.4 is 9.04 Å². The Morgan fingerprint density at radius 1 is 1.32 bits per heavy atom. The van der Waals surface area contributed by atoms with Crippen molar-refractivity contribution in [3.8, 4) is 5.75 Å². The largest absolute Gasteiger partial charge is 0.496 e. The van der Waals surface area contributed by atoms with Crippen LogP contribution in [0.15, 0.2) is 47.6 Å². The number of pyridine rings is 1. The van der Waals surface area contributed by atoms with Crippen LogP contribution in [-0.4, -0.2) is 38.6 Å². The van der Waals surface area contributed by atoms with Crippen molar-refractivity contribution in [1.29, 1.82) is 0 Å². The molecule has 0 fully saturated rings. The molecule has 0 saturated heterocycles. The molecule has 1 heterocycles. The molecule has 1 aromatic heterocycles. The Kier molecular flexibility index (Phi) is 4.32. The molecule has 0 atom stereocenters. The predicted octanol–water partition coefficient (Wildman–Crippen LogP) is 1.61. The van der Waals surface area contributed by atoms with Crippen LogP contribution in [0.5, 0.6) is 5.75 Å². The Bertz CT molecular complexity index is 790. The molecule has 0 radical (unpaired) electrons. The van der Waals surface area contributed by atoms with Gasteiger partial charge in [-0.25, -0.2) is 13.2 Å². The molecule has 0 aliphatic heterocycles. The first kappa shape index (κ1) is 15.8. The highest BCUT2D eigenvalue weighted by atomic mass is 32.2. The summed E-state index contributed by atoms with van der Waals surface area (Å²) >= 11 is 0. The molecule has 1 aromatic carbocycles. The third kappa shape index (κ3) is 2.86. The molecular weight excluding hydrogens is 308 g/mol. The molecule has 0 bridgehead atoms. The molecule has 1 N–H and O–H groups in total. The number of carboxylic acid groups (broad SMARTS) is 1. The van der Waals surface area contributed by atoms with E-state index in [1.807, 2.05) is 0 Å². The number of carbonyl (C=O) groups is 1. The molecule has 2 rings (SSSR count). The highest BCUT2D eigenvalue weighted by molar-refractivity contribution is 7.92. The van der Waals surface area contributed by atoms with Gasteiger partial charge in [0.2, 0.25) is 0 Å². The van der Waals surface area contributed by atoms with Crippen LogP contribution >= 0.6 is 0 Å². The lowest BCUT2D eigenvalue weighted by Gasteiger charge is -2.19. The number of benzene rings is 1. The van der Waals surface area contributed by atoms with Crippen LogP contribution in [0.2, 0.25) is 0 Å². The SMILES string of the molecule is COc1ccc(S(=O)(=O)N(C)c2cccnc2)cc1C(=O)O. The normalized spacial score (nSPS) is 11.0. The third-order valence-corrected chi connectivity index (χ3v) is 4.85. The molecule has 22 heavy (non-hydrogen) atoms. The minimum absolute atomic E-state index is 0.0930. The van der Waals surface area contributed by atoms with Crippen molar-refractivity contribution in [3.05, 3.63) is 48.3 Å². The maximum absolute atomic E-state index is 12.6. The zero-order chi connectivity index (χ0) is 16.3. The maximum Gasteiger partial charge on any atom is 0.339 e. The van der Waals surface area contributed by atoms with Gasteiger partial charge in [-0.2, -0.15) is 0 Å². The molecule has 0 saturated carbocycles. The van der Waals surface area contributed by atoms with Crippen LogP contribution in [0.3, 0.4) is 0 Å². The standard InChI is InChI=1S/C14H14N2O5S/c1-16(10-4-3-7-15-9-10)22(19,20)11-5-6-13(21-2)12(8-11)14(17)18/h3-9H,1-2H3,(H,17,18). The van der Waals surface area contributed by atoms with Gasteiger partial charge in [0, 0.05) is 13.2 Å². The quantitative estimate of drug-likeness (QED) is 0.898. The average Bonchev–Trinajstić information content (AvgIpc) is 2.54. The fourth-order valence-corrected chi connectivity index (χ4v) is 3.06. The molecule has 0 aliphatic rings. The van der Waals surface area contributed by atoms with E-state index < -0.39 is 16.0 Å². The van der Waals surface area contributed by atoms with E-state index in [9.17, 15) is 13.2 Å². The van der Waals surface area contributed by atoms with Gasteiger partial charge in [-0.05, 0) is 30.3 Å². The van der Waals surface area contributed by atoms with Gasteiger partial charge in [-0.3, -0.25) is 9.29 Å². The molecule has 8 heteroatoms. The highest BCUT2D eigenvalue weighted by Gasteiger charge is 2.24. The Hall–Kier alpha value is -2.61. The second-order valence-corrected chi connectivity index (χ2v) is 6.32. The van der Waals surface area contributed by atoms with Gasteiger partial charge < -0.3 is 9.84 Å². The van der Waals surface area contributed by atoms with Gasteiger partial charge in [0.1, 0.15) is 11.3 Å². The molecule has 116 valence electrons. The van der Waals surface area contributed by atoms with Gasteiger partial charge in [-0.1, -0.05) is 0 Å². The average molecular weight is 322 g/mol. The summed E-state index contributed by atoms with van der Waals surface area (Å²) in [6.45, 7) is 0. The summed E-state index contributed by atoms with van der Waals surface area (Å²) in [4.78, 5) is 14.9. The van der Waals surface area contributed by atoms with Gasteiger partial charge in [-0.15, -0.1) is 0 Å². The zero-order valence-electron chi connectivity index (χ0n) is 11.9. The molecule has 7 nitrogen and oxygen atoms in total. The van der Waals surface area contributed by atoms with Crippen LogP contribution in [-0.2, 0) is 10.0 Å². The molecule has 0 aliphatic carbocycles. The first-order chi connectivity index (χ1) is 10.4. The van der Waals surface area contributed by atoms with Crippen LogP contribution in [0.1, 0.15) is 10.4 Å². The smallest absolute Gasteiger partial charge is 0.339 e. The van der Waals surface area contributed by atoms with E-state index in [1.165, 1.54) is 38.7 Å². The fourth-order valence-electron chi connectivity index (χ4n) is 1.85. The number of anilines is 1. The number of aromatic carboxylic acids is 1. The van der Waals surface area contributed by atoms with E-state index in [0.717, 1.165) is 10.4 Å². The van der Waals surface area contributed by atoms with Gasteiger partial charge in [0.25, 0.3) is 10.0 Å². The summed E-state index contributed by atoms with van der Waals surface area (Å²) in [6, 6.07) is 6.88. The molecule has 0 unspecified atom stereocenters. The fraction of sp³-hybridized carbons (Fsp3) is 0.143. The first-order valence-electron chi connectivity index (χ1n) is 6.18. The van der Waals surface area contributed by atoms with Crippen LogP contribution in [0.4, 0.5) is 5.69 Å². The second-order valence-electron chi connectivity index (χ2n) is 4.35. The number of aromatic nitrogens is 1. The van der Waals surface area contributed by atoms with Crippen LogP contribution in [0, 0.1) is 0 Å². The summed E-state index contributed by atoms with van der Waals surface area (Å²) in [6.07, 6.45) is 2.93. The molecule has 0 spiro atoms. The Morgan fingerprint density at radius 3 is 2.59 bits per heavy atom. The van der Waals surface area contributed by atoms with Crippen molar-refractivity contribution >= 4 is 21.7 Å². The van der Waals surface area contributed by atoms with Gasteiger partial charge in [0.15, 0.2) is 0 Å². The Morgan fingerprint density at radius 2 is 2.05 bits per heavy atom. The van der Waals surface area contributed by atoms with Crippen molar-refractivity contribution in [2.24, 2.45) is 0 Å². The number of ether oxygens (including phenoxy) is 1. The lowest BCUT2D eigenvalue weighted by molar-refractivity contribution is 0.0693. The van der Waals surface area contributed by atoms with E-state index in [2.05, 4.69) is 4.98 Å². The summed E-state index contributed by atoms with van der Waals surface area (Å²) in [5, 5.41) is 9.14. The zero-order valence-corrected chi connectivity index (χ0v) is 12.7. The van der Waals surface area contributed by atoms with Gasteiger partial charge >= 0.3 is 5.97 Å². The minimum Gasteiger partial charge on any atom is -0.496 e. The van der Waals surface area contributed by atoms with Crippen molar-refractivity contribution in [3.63, 3.8) is 0 Å². The number of rotatable bonds is 5. The predicted molar refractivity (Wildman–Crippen MR) is 79.8 cm³/mol. The number of hydrogen-bond acceptors (Lipinski definition) is 5.